The number of hydrogen-bond acceptors (Lipinski definition) is 3. The van der Waals surface area contributed by atoms with Crippen molar-refractivity contribution in [3.8, 4) is 0 Å². The van der Waals surface area contributed by atoms with Crippen LogP contribution in [0.5, 0.6) is 0 Å². The Balaban J connectivity index is 2.64. The van der Waals surface area contributed by atoms with Gasteiger partial charge in [0.2, 0.25) is 5.91 Å². The average Bonchev–Trinajstić information content (AvgIpc) is 2.27. The van der Waals surface area contributed by atoms with E-state index < -0.39 is 6.04 Å². The summed E-state index contributed by atoms with van der Waals surface area (Å²) in [5.74, 6) is -0.131. The van der Waals surface area contributed by atoms with Crippen LogP contribution < -0.4 is 11.1 Å². The van der Waals surface area contributed by atoms with Gasteiger partial charge in [-0.1, -0.05) is 26.8 Å². The maximum absolute atomic E-state index is 11.9. The maximum atomic E-state index is 11.9. The van der Waals surface area contributed by atoms with Gasteiger partial charge in [0, 0.05) is 12.4 Å². The van der Waals surface area contributed by atoms with E-state index in [0.717, 1.165) is 5.56 Å². The number of carbonyl (C=O) groups excluding carboxylic acids is 1. The van der Waals surface area contributed by atoms with E-state index >= 15 is 0 Å². The second-order valence-corrected chi connectivity index (χ2v) is 5.36. The number of nitrogens with one attached hydrogen (secondary N) is 1. The standard InChI is InChI=1S/C13H21N3O/c1-9(10-6-5-7-15-8-10)16-12(17)11(14)13(2,3)4/h5-9,11H,14H2,1-4H3,(H,16,17)/t9?,11-/m0/s1. The van der Waals surface area contributed by atoms with Crippen LogP contribution in [0.2, 0.25) is 0 Å². The first-order chi connectivity index (χ1) is 7.82. The number of rotatable bonds is 3. The molecule has 0 spiro atoms. The van der Waals surface area contributed by atoms with E-state index in [0.29, 0.717) is 0 Å². The molecule has 1 unspecified atom stereocenters. The number of nitrogens with two attached hydrogens (primary N) is 1. The Hall–Kier alpha value is -1.42. The molecule has 0 radical (unpaired) electrons. The van der Waals surface area contributed by atoms with Gasteiger partial charge in [0.1, 0.15) is 0 Å². The highest BCUT2D eigenvalue weighted by Crippen LogP contribution is 2.18. The molecule has 0 fully saturated rings. The van der Waals surface area contributed by atoms with E-state index in [9.17, 15) is 4.79 Å². The van der Waals surface area contributed by atoms with Crippen LogP contribution >= 0.6 is 0 Å². The topological polar surface area (TPSA) is 68.0 Å². The highest BCUT2D eigenvalue weighted by atomic mass is 16.2. The van der Waals surface area contributed by atoms with Gasteiger partial charge in [-0.25, -0.2) is 0 Å². The van der Waals surface area contributed by atoms with Crippen molar-refractivity contribution in [1.29, 1.82) is 0 Å². The normalized spacial score (nSPS) is 15.1. The lowest BCUT2D eigenvalue weighted by atomic mass is 9.87. The van der Waals surface area contributed by atoms with E-state index in [1.807, 2.05) is 39.8 Å². The van der Waals surface area contributed by atoms with Gasteiger partial charge >= 0.3 is 0 Å². The average molecular weight is 235 g/mol. The Morgan fingerprint density at radius 3 is 2.59 bits per heavy atom. The van der Waals surface area contributed by atoms with Gasteiger partial charge < -0.3 is 11.1 Å². The zero-order chi connectivity index (χ0) is 13.1. The van der Waals surface area contributed by atoms with E-state index in [1.54, 1.807) is 12.4 Å². The van der Waals surface area contributed by atoms with Crippen LogP contribution in [-0.2, 0) is 4.79 Å². The van der Waals surface area contributed by atoms with Crippen LogP contribution in [0, 0.1) is 5.41 Å². The number of nitrogens with zero attached hydrogens (tertiary/aromatic N) is 1. The molecule has 4 heteroatoms. The molecule has 0 aliphatic rings. The molecule has 1 heterocycles. The lowest BCUT2D eigenvalue weighted by Crippen LogP contribution is -2.49. The van der Waals surface area contributed by atoms with Crippen molar-refractivity contribution in [2.75, 3.05) is 0 Å². The summed E-state index contributed by atoms with van der Waals surface area (Å²) < 4.78 is 0. The fraction of sp³-hybridized carbons (Fsp3) is 0.538. The van der Waals surface area contributed by atoms with E-state index in [4.69, 9.17) is 5.73 Å². The SMILES string of the molecule is CC(NC(=O)[C@H](N)C(C)(C)C)c1cccnc1. The summed E-state index contributed by atoms with van der Waals surface area (Å²) in [6, 6.07) is 3.19. The highest BCUT2D eigenvalue weighted by Gasteiger charge is 2.28. The van der Waals surface area contributed by atoms with E-state index in [-0.39, 0.29) is 17.4 Å². The molecule has 1 rings (SSSR count). The Morgan fingerprint density at radius 1 is 1.47 bits per heavy atom. The Kier molecular flexibility index (Phi) is 4.23. The molecule has 1 aromatic rings. The largest absolute Gasteiger partial charge is 0.348 e. The molecule has 94 valence electrons. The van der Waals surface area contributed by atoms with Gasteiger partial charge in [0.15, 0.2) is 0 Å². The Morgan fingerprint density at radius 2 is 2.12 bits per heavy atom. The summed E-state index contributed by atoms with van der Waals surface area (Å²) in [4.78, 5) is 15.9. The fourth-order valence-corrected chi connectivity index (χ4v) is 1.41. The molecule has 0 saturated heterocycles. The zero-order valence-corrected chi connectivity index (χ0v) is 10.9. The summed E-state index contributed by atoms with van der Waals surface area (Å²) in [5.41, 5.74) is 6.63. The van der Waals surface area contributed by atoms with Crippen molar-refractivity contribution in [2.45, 2.75) is 39.8 Å². The summed E-state index contributed by atoms with van der Waals surface area (Å²) in [6.07, 6.45) is 3.45. The quantitative estimate of drug-likeness (QED) is 0.836. The third-order valence-corrected chi connectivity index (χ3v) is 2.76. The van der Waals surface area contributed by atoms with Gasteiger partial charge in [-0.05, 0) is 24.0 Å². The van der Waals surface area contributed by atoms with E-state index in [1.165, 1.54) is 0 Å². The molecular weight excluding hydrogens is 214 g/mol. The molecule has 4 nitrogen and oxygen atoms in total. The van der Waals surface area contributed by atoms with Crippen LogP contribution in [0.3, 0.4) is 0 Å². The predicted molar refractivity (Wildman–Crippen MR) is 68.2 cm³/mol. The van der Waals surface area contributed by atoms with Crippen molar-refractivity contribution in [1.82, 2.24) is 10.3 Å². The predicted octanol–water partition coefficient (Wildman–Crippen LogP) is 1.63. The number of pyridine rings is 1. The molecular formula is C13H21N3O. The van der Waals surface area contributed by atoms with E-state index in [2.05, 4.69) is 10.3 Å². The number of aromatic nitrogens is 1. The van der Waals surface area contributed by atoms with Crippen molar-refractivity contribution in [3.63, 3.8) is 0 Å². The number of carbonyl (C=O) groups is 1. The first-order valence-corrected chi connectivity index (χ1v) is 5.78. The third-order valence-electron chi connectivity index (χ3n) is 2.76. The van der Waals surface area contributed by atoms with Gasteiger partial charge in [0.05, 0.1) is 12.1 Å². The minimum atomic E-state index is -0.512. The lowest BCUT2D eigenvalue weighted by molar-refractivity contribution is -0.125. The van der Waals surface area contributed by atoms with Crippen LogP contribution in [0.1, 0.15) is 39.3 Å². The van der Waals surface area contributed by atoms with Crippen LogP contribution in [0.15, 0.2) is 24.5 Å². The van der Waals surface area contributed by atoms with Gasteiger partial charge in [-0.15, -0.1) is 0 Å². The summed E-state index contributed by atoms with van der Waals surface area (Å²) in [6.45, 7) is 7.77. The smallest absolute Gasteiger partial charge is 0.237 e. The second kappa shape index (κ2) is 5.27. The summed E-state index contributed by atoms with van der Waals surface area (Å²) in [7, 11) is 0. The molecule has 0 saturated carbocycles. The van der Waals surface area contributed by atoms with Crippen LogP contribution in [0.25, 0.3) is 0 Å². The second-order valence-electron chi connectivity index (χ2n) is 5.36. The van der Waals surface area contributed by atoms with Crippen molar-refractivity contribution < 1.29 is 4.79 Å². The fourth-order valence-electron chi connectivity index (χ4n) is 1.41. The van der Waals surface area contributed by atoms with Crippen LogP contribution in [0.4, 0.5) is 0 Å². The van der Waals surface area contributed by atoms with Gasteiger partial charge in [-0.2, -0.15) is 0 Å². The molecule has 0 aromatic carbocycles. The minimum Gasteiger partial charge on any atom is -0.348 e. The third kappa shape index (κ3) is 3.82. The molecule has 2 atom stereocenters. The number of amides is 1. The van der Waals surface area contributed by atoms with Crippen molar-refractivity contribution in [3.05, 3.63) is 30.1 Å². The summed E-state index contributed by atoms with van der Waals surface area (Å²) in [5, 5.41) is 2.90. The van der Waals surface area contributed by atoms with Crippen LogP contribution in [-0.4, -0.2) is 16.9 Å². The molecule has 1 aromatic heterocycles. The summed E-state index contributed by atoms with van der Waals surface area (Å²) >= 11 is 0. The van der Waals surface area contributed by atoms with Gasteiger partial charge in [-0.3, -0.25) is 9.78 Å². The maximum Gasteiger partial charge on any atom is 0.237 e. The molecule has 17 heavy (non-hydrogen) atoms. The van der Waals surface area contributed by atoms with Crippen molar-refractivity contribution >= 4 is 5.91 Å². The number of hydrogen-bond donors (Lipinski definition) is 2. The Labute approximate surface area is 103 Å². The monoisotopic (exact) mass is 235 g/mol. The molecule has 0 aliphatic carbocycles. The van der Waals surface area contributed by atoms with Gasteiger partial charge in [0.25, 0.3) is 0 Å². The first-order valence-electron chi connectivity index (χ1n) is 5.78. The zero-order valence-electron chi connectivity index (χ0n) is 10.9. The lowest BCUT2D eigenvalue weighted by Gasteiger charge is -2.27. The first kappa shape index (κ1) is 13.6. The van der Waals surface area contributed by atoms with Crippen molar-refractivity contribution in [2.24, 2.45) is 11.1 Å². The Bertz CT molecular complexity index is 370. The molecule has 1 amide bonds. The molecule has 3 N–H and O–H groups in total. The minimum absolute atomic E-state index is 0.0791. The molecule has 0 aliphatic heterocycles. The highest BCUT2D eigenvalue weighted by molar-refractivity contribution is 5.82. The molecule has 0 bridgehead atoms.